The molecule has 1 amide bonds. The molecule has 0 aliphatic heterocycles. The Morgan fingerprint density at radius 3 is 2.34 bits per heavy atom. The molecule has 7 nitrogen and oxygen atoms in total. The predicted octanol–water partition coefficient (Wildman–Crippen LogP) is 3.09. The Morgan fingerprint density at radius 2 is 1.76 bits per heavy atom. The van der Waals surface area contributed by atoms with Crippen molar-refractivity contribution in [2.75, 3.05) is 37.7 Å². The lowest BCUT2D eigenvalue weighted by Gasteiger charge is -2.24. The van der Waals surface area contributed by atoms with E-state index in [0.29, 0.717) is 42.6 Å². The Hall–Kier alpha value is -2.29. The minimum atomic E-state index is -3.98. The van der Waals surface area contributed by atoms with Gasteiger partial charge in [0.25, 0.3) is 10.0 Å². The predicted molar refractivity (Wildman–Crippen MR) is 113 cm³/mol. The van der Waals surface area contributed by atoms with Crippen LogP contribution in [0.1, 0.15) is 13.3 Å². The van der Waals surface area contributed by atoms with Gasteiger partial charge < -0.3 is 14.8 Å². The van der Waals surface area contributed by atoms with Crippen molar-refractivity contribution in [3.63, 3.8) is 0 Å². The molecule has 0 heterocycles. The van der Waals surface area contributed by atoms with E-state index in [2.05, 4.69) is 5.32 Å². The minimum absolute atomic E-state index is 0.0444. The zero-order valence-electron chi connectivity index (χ0n) is 16.4. The summed E-state index contributed by atoms with van der Waals surface area (Å²) in [6, 6.07) is 12.4. The largest absolute Gasteiger partial charge is 0.494 e. The quantitative estimate of drug-likeness (QED) is 0.543. The first kappa shape index (κ1) is 23.0. The highest BCUT2D eigenvalue weighted by atomic mass is 35.5. The molecule has 0 radical (unpaired) electrons. The van der Waals surface area contributed by atoms with Crippen LogP contribution in [0.4, 0.5) is 5.69 Å². The highest BCUT2D eigenvalue weighted by Crippen LogP contribution is 2.26. The normalized spacial score (nSPS) is 11.1. The average molecular weight is 441 g/mol. The van der Waals surface area contributed by atoms with E-state index in [0.717, 1.165) is 4.31 Å². The molecule has 0 aromatic heterocycles. The maximum Gasteiger partial charge on any atom is 0.264 e. The number of methoxy groups -OCH3 is 1. The van der Waals surface area contributed by atoms with Crippen LogP contribution in [-0.2, 0) is 19.6 Å². The third-order valence-corrected chi connectivity index (χ3v) is 6.01. The summed E-state index contributed by atoms with van der Waals surface area (Å²) in [5, 5.41) is 3.13. The van der Waals surface area contributed by atoms with Crippen molar-refractivity contribution in [3.8, 4) is 5.75 Å². The fraction of sp³-hybridized carbons (Fsp3) is 0.350. The smallest absolute Gasteiger partial charge is 0.264 e. The van der Waals surface area contributed by atoms with Gasteiger partial charge in [0.1, 0.15) is 12.3 Å². The monoisotopic (exact) mass is 440 g/mol. The van der Waals surface area contributed by atoms with E-state index >= 15 is 0 Å². The summed E-state index contributed by atoms with van der Waals surface area (Å²) in [5.41, 5.74) is 0.357. The molecule has 0 aliphatic rings. The van der Waals surface area contributed by atoms with Crippen LogP contribution < -0.4 is 14.4 Å². The molecule has 0 aliphatic carbocycles. The van der Waals surface area contributed by atoms with Crippen molar-refractivity contribution in [2.24, 2.45) is 0 Å². The molecule has 2 aromatic rings. The number of hydrogen-bond donors (Lipinski definition) is 1. The van der Waals surface area contributed by atoms with Crippen molar-refractivity contribution in [1.82, 2.24) is 5.32 Å². The zero-order valence-corrected chi connectivity index (χ0v) is 18.0. The molecule has 2 rings (SSSR count). The lowest BCUT2D eigenvalue weighted by Crippen LogP contribution is -2.41. The number of halogens is 1. The van der Waals surface area contributed by atoms with Gasteiger partial charge in [0.05, 0.1) is 17.2 Å². The number of ether oxygens (including phenoxy) is 2. The second kappa shape index (κ2) is 11.0. The van der Waals surface area contributed by atoms with Gasteiger partial charge in [0.2, 0.25) is 5.91 Å². The van der Waals surface area contributed by atoms with Crippen LogP contribution >= 0.6 is 11.6 Å². The number of nitrogens with zero attached hydrogens (tertiary/aromatic N) is 1. The molecule has 2 aromatic carbocycles. The summed E-state index contributed by atoms with van der Waals surface area (Å²) < 4.78 is 37.9. The molecular weight excluding hydrogens is 416 g/mol. The third-order valence-electron chi connectivity index (χ3n) is 3.97. The maximum atomic E-state index is 13.2. The van der Waals surface area contributed by atoms with Crippen molar-refractivity contribution in [2.45, 2.75) is 18.2 Å². The van der Waals surface area contributed by atoms with Crippen LogP contribution in [0.2, 0.25) is 5.02 Å². The van der Waals surface area contributed by atoms with E-state index in [1.807, 2.05) is 6.92 Å². The summed E-state index contributed by atoms with van der Waals surface area (Å²) in [4.78, 5) is 12.4. The summed E-state index contributed by atoms with van der Waals surface area (Å²) in [5.74, 6) is 0.205. The SMILES string of the molecule is CCOc1ccc(N(CC(=O)NCCCOC)S(=O)(=O)c2ccc(Cl)cc2)cc1. The summed E-state index contributed by atoms with van der Waals surface area (Å²) in [6.07, 6.45) is 0.634. The molecule has 29 heavy (non-hydrogen) atoms. The molecule has 9 heteroatoms. The van der Waals surface area contributed by atoms with E-state index < -0.39 is 15.9 Å². The number of carbonyl (C=O) groups excluding carboxylic acids is 1. The molecule has 1 N–H and O–H groups in total. The van der Waals surface area contributed by atoms with Crippen LogP contribution in [0.25, 0.3) is 0 Å². The van der Waals surface area contributed by atoms with E-state index in [1.165, 1.54) is 24.3 Å². The van der Waals surface area contributed by atoms with Crippen molar-refractivity contribution >= 4 is 33.2 Å². The number of anilines is 1. The van der Waals surface area contributed by atoms with E-state index in [4.69, 9.17) is 21.1 Å². The highest BCUT2D eigenvalue weighted by molar-refractivity contribution is 7.92. The van der Waals surface area contributed by atoms with Gasteiger partial charge in [-0.25, -0.2) is 8.42 Å². The molecule has 0 unspecified atom stereocenters. The fourth-order valence-electron chi connectivity index (χ4n) is 2.55. The van der Waals surface area contributed by atoms with Gasteiger partial charge in [-0.05, 0) is 61.9 Å². The lowest BCUT2D eigenvalue weighted by atomic mass is 10.3. The maximum absolute atomic E-state index is 13.2. The average Bonchev–Trinajstić information content (AvgIpc) is 2.71. The summed E-state index contributed by atoms with van der Waals surface area (Å²) >= 11 is 5.88. The molecule has 158 valence electrons. The van der Waals surface area contributed by atoms with Crippen LogP contribution in [0.5, 0.6) is 5.75 Å². The molecule has 0 atom stereocenters. The van der Waals surface area contributed by atoms with Gasteiger partial charge in [0, 0.05) is 25.3 Å². The number of carbonyl (C=O) groups is 1. The lowest BCUT2D eigenvalue weighted by molar-refractivity contribution is -0.119. The third kappa shape index (κ3) is 6.62. The van der Waals surface area contributed by atoms with Gasteiger partial charge in [-0.1, -0.05) is 11.6 Å². The molecule has 0 fully saturated rings. The standard InChI is InChI=1S/C20H25ClN2O5S/c1-3-28-18-9-7-17(8-10-18)23(15-20(24)22-13-4-14-27-2)29(25,26)19-11-5-16(21)6-12-19/h5-12H,3-4,13-15H2,1-2H3,(H,22,24). The molecule has 0 saturated heterocycles. The van der Waals surface area contributed by atoms with Gasteiger partial charge in [-0.3, -0.25) is 9.10 Å². The first-order chi connectivity index (χ1) is 13.9. The van der Waals surface area contributed by atoms with Gasteiger partial charge in [-0.15, -0.1) is 0 Å². The highest BCUT2D eigenvalue weighted by Gasteiger charge is 2.27. The Morgan fingerprint density at radius 1 is 1.10 bits per heavy atom. The molecule has 0 saturated carbocycles. The Balaban J connectivity index is 2.29. The zero-order chi connectivity index (χ0) is 21.3. The van der Waals surface area contributed by atoms with E-state index in [-0.39, 0.29) is 11.4 Å². The Kier molecular flexibility index (Phi) is 8.75. The van der Waals surface area contributed by atoms with Gasteiger partial charge in [0.15, 0.2) is 0 Å². The fourth-order valence-corrected chi connectivity index (χ4v) is 4.10. The van der Waals surface area contributed by atoms with Gasteiger partial charge in [-0.2, -0.15) is 0 Å². The number of benzene rings is 2. The number of rotatable bonds is 11. The van der Waals surface area contributed by atoms with Crippen LogP contribution in [0.3, 0.4) is 0 Å². The summed E-state index contributed by atoms with van der Waals surface area (Å²) in [6.45, 7) is 2.90. The minimum Gasteiger partial charge on any atom is -0.494 e. The first-order valence-corrected chi connectivity index (χ1v) is 11.0. The molecule has 0 bridgehead atoms. The first-order valence-electron chi connectivity index (χ1n) is 9.15. The second-order valence-electron chi connectivity index (χ2n) is 6.09. The van der Waals surface area contributed by atoms with Crippen LogP contribution in [0.15, 0.2) is 53.4 Å². The van der Waals surface area contributed by atoms with Crippen LogP contribution in [-0.4, -0.2) is 47.7 Å². The topological polar surface area (TPSA) is 84.9 Å². The number of hydrogen-bond acceptors (Lipinski definition) is 5. The molecule has 0 spiro atoms. The van der Waals surface area contributed by atoms with Crippen molar-refractivity contribution in [1.29, 1.82) is 0 Å². The van der Waals surface area contributed by atoms with Crippen molar-refractivity contribution < 1.29 is 22.7 Å². The van der Waals surface area contributed by atoms with Crippen LogP contribution in [0, 0.1) is 0 Å². The van der Waals surface area contributed by atoms with Gasteiger partial charge >= 0.3 is 0 Å². The van der Waals surface area contributed by atoms with Crippen molar-refractivity contribution in [3.05, 3.63) is 53.6 Å². The van der Waals surface area contributed by atoms with E-state index in [9.17, 15) is 13.2 Å². The second-order valence-corrected chi connectivity index (χ2v) is 8.39. The Labute approximate surface area is 176 Å². The molecular formula is C20H25ClN2O5S. The number of sulfonamides is 1. The number of nitrogens with one attached hydrogen (secondary N) is 1. The Bertz CT molecular complexity index is 886. The van der Waals surface area contributed by atoms with E-state index in [1.54, 1.807) is 31.4 Å². The summed E-state index contributed by atoms with van der Waals surface area (Å²) in [7, 11) is -2.40. The number of amides is 1.